The fourth-order valence-corrected chi connectivity index (χ4v) is 2.85. The number of ether oxygens (including phenoxy) is 2. The van der Waals surface area contributed by atoms with Crippen molar-refractivity contribution in [3.8, 4) is 0 Å². The van der Waals surface area contributed by atoms with Crippen LogP contribution in [0.1, 0.15) is 71.6 Å². The zero-order valence-electron chi connectivity index (χ0n) is 21.0. The number of unbranched alkanes of at least 4 members (excludes halogenated alkanes) is 1. The van der Waals surface area contributed by atoms with E-state index in [1.165, 1.54) is 13.3 Å². The Bertz CT molecular complexity index is 731. The molecule has 36 heavy (non-hydrogen) atoms. The number of carbonyl (C=O) groups is 6. The van der Waals surface area contributed by atoms with Crippen molar-refractivity contribution in [2.75, 3.05) is 33.0 Å². The Balaban J connectivity index is 0.000000457. The van der Waals surface area contributed by atoms with Crippen LogP contribution in [0.2, 0.25) is 0 Å². The van der Waals surface area contributed by atoms with Crippen molar-refractivity contribution in [3.63, 3.8) is 0 Å². The van der Waals surface area contributed by atoms with Crippen molar-refractivity contribution in [2.24, 2.45) is 11.7 Å². The summed E-state index contributed by atoms with van der Waals surface area (Å²) in [6, 6.07) is 0. The van der Waals surface area contributed by atoms with E-state index in [-0.39, 0.29) is 38.5 Å². The minimum absolute atomic E-state index is 0.00408. The molecule has 0 spiro atoms. The summed E-state index contributed by atoms with van der Waals surface area (Å²) in [7, 11) is 0. The largest absolute Gasteiger partial charge is 0.379 e. The maximum atomic E-state index is 11.8. The van der Waals surface area contributed by atoms with Gasteiger partial charge in [-0.25, -0.2) is 9.59 Å². The zero-order valence-corrected chi connectivity index (χ0v) is 21.0. The number of rotatable bonds is 15. The molecular weight excluding hydrogens is 478 g/mol. The molecule has 2 rings (SSSR count). The summed E-state index contributed by atoms with van der Waals surface area (Å²) in [5.41, 5.74) is 5.30. The first-order valence-electron chi connectivity index (χ1n) is 12.2. The first-order chi connectivity index (χ1) is 17.2. The maximum Gasteiger partial charge on any atom is 0.335 e. The topological polar surface area (TPSA) is 172 Å². The third-order valence-corrected chi connectivity index (χ3v) is 5.08. The number of nitrogens with zero attached hydrogens (tertiary/aromatic N) is 2. The summed E-state index contributed by atoms with van der Waals surface area (Å²) in [4.78, 5) is 78.1. The molecule has 2 saturated heterocycles. The first-order valence-corrected chi connectivity index (χ1v) is 12.2. The van der Waals surface area contributed by atoms with Gasteiger partial charge in [0.2, 0.25) is 0 Å². The molecular formula is C23H37N3O10. The third kappa shape index (κ3) is 11.7. The molecule has 2 heterocycles. The molecule has 0 bridgehead atoms. The van der Waals surface area contributed by atoms with E-state index in [0.29, 0.717) is 29.9 Å². The fourth-order valence-electron chi connectivity index (χ4n) is 2.85. The summed E-state index contributed by atoms with van der Waals surface area (Å²) >= 11 is 0. The number of amides is 4. The van der Waals surface area contributed by atoms with Gasteiger partial charge in [-0.1, -0.05) is 20.3 Å². The van der Waals surface area contributed by atoms with Crippen LogP contribution in [-0.4, -0.2) is 78.7 Å². The molecule has 1 atom stereocenters. The predicted molar refractivity (Wildman–Crippen MR) is 123 cm³/mol. The van der Waals surface area contributed by atoms with E-state index in [1.807, 2.05) is 0 Å². The lowest BCUT2D eigenvalue weighted by atomic mass is 10.1. The fraction of sp³-hybridized carbons (Fsp3) is 0.739. The number of hydrogen-bond acceptors (Lipinski definition) is 11. The molecule has 2 fully saturated rings. The van der Waals surface area contributed by atoms with Gasteiger partial charge in [0.15, 0.2) is 0 Å². The number of imide groups is 2. The Labute approximate surface area is 210 Å². The molecule has 2 N–H and O–H groups in total. The highest BCUT2D eigenvalue weighted by Crippen LogP contribution is 2.17. The Morgan fingerprint density at radius 2 is 1.28 bits per heavy atom. The van der Waals surface area contributed by atoms with Crippen LogP contribution >= 0.6 is 0 Å². The minimum atomic E-state index is -0.841. The standard InChI is InChI=1S/C14H16N2O8.C9H21NO2/c1-8(14(22)24-16-11(19)5-6-12(16)20)2-7-13(21)23-15-9(17)3-4-10(15)18;1-2-3-6-11-8-9-12-7-4-5-10/h8H,2-7H2,1H3;2-10H2,1H3. The minimum Gasteiger partial charge on any atom is -0.379 e. The van der Waals surface area contributed by atoms with Crippen LogP contribution in [0.3, 0.4) is 0 Å². The molecule has 0 aliphatic carbocycles. The van der Waals surface area contributed by atoms with Gasteiger partial charge < -0.3 is 24.9 Å². The van der Waals surface area contributed by atoms with Crippen molar-refractivity contribution in [1.82, 2.24) is 10.1 Å². The molecule has 13 heteroatoms. The van der Waals surface area contributed by atoms with Crippen LogP contribution in [-0.2, 0) is 47.9 Å². The average molecular weight is 516 g/mol. The van der Waals surface area contributed by atoms with Gasteiger partial charge in [-0.2, -0.15) is 0 Å². The van der Waals surface area contributed by atoms with Crippen molar-refractivity contribution in [3.05, 3.63) is 0 Å². The molecule has 13 nitrogen and oxygen atoms in total. The van der Waals surface area contributed by atoms with Crippen LogP contribution in [0.25, 0.3) is 0 Å². The molecule has 4 amide bonds. The summed E-state index contributed by atoms with van der Waals surface area (Å²) in [6.07, 6.45) is 3.00. The van der Waals surface area contributed by atoms with Crippen molar-refractivity contribution in [1.29, 1.82) is 0 Å². The highest BCUT2D eigenvalue weighted by atomic mass is 16.7. The van der Waals surface area contributed by atoms with E-state index in [2.05, 4.69) is 11.8 Å². The molecule has 2 aliphatic heterocycles. The second-order valence-corrected chi connectivity index (χ2v) is 8.20. The maximum absolute atomic E-state index is 11.8. The van der Waals surface area contributed by atoms with Gasteiger partial charge in [-0.15, -0.1) is 10.1 Å². The quantitative estimate of drug-likeness (QED) is 0.241. The van der Waals surface area contributed by atoms with Gasteiger partial charge in [0.25, 0.3) is 23.6 Å². The smallest absolute Gasteiger partial charge is 0.335 e. The SMILES string of the molecule is CC(CCC(=O)ON1C(=O)CCC1=O)C(=O)ON1C(=O)CCC1=O.CCCCOCCOCCCN. The highest BCUT2D eigenvalue weighted by Gasteiger charge is 2.35. The molecule has 0 radical (unpaired) electrons. The summed E-state index contributed by atoms with van der Waals surface area (Å²) < 4.78 is 10.5. The number of nitrogens with two attached hydrogens (primary N) is 1. The van der Waals surface area contributed by atoms with Gasteiger partial charge in [0, 0.05) is 45.3 Å². The molecule has 1 unspecified atom stereocenters. The monoisotopic (exact) mass is 515 g/mol. The molecule has 0 aromatic carbocycles. The average Bonchev–Trinajstić information content (AvgIpc) is 3.34. The van der Waals surface area contributed by atoms with Crippen molar-refractivity contribution in [2.45, 2.75) is 71.6 Å². The van der Waals surface area contributed by atoms with E-state index in [9.17, 15) is 28.8 Å². The molecule has 0 aromatic rings. The zero-order chi connectivity index (χ0) is 26.9. The van der Waals surface area contributed by atoms with E-state index >= 15 is 0 Å². The molecule has 0 saturated carbocycles. The third-order valence-electron chi connectivity index (χ3n) is 5.08. The number of hydroxylamine groups is 4. The summed E-state index contributed by atoms with van der Waals surface area (Å²) in [5.74, 6) is -4.83. The lowest BCUT2D eigenvalue weighted by Crippen LogP contribution is -2.34. The van der Waals surface area contributed by atoms with Crippen LogP contribution < -0.4 is 5.73 Å². The Kier molecular flexibility index (Phi) is 15.1. The predicted octanol–water partition coefficient (Wildman–Crippen LogP) is 0.786. The van der Waals surface area contributed by atoms with Gasteiger partial charge in [0.05, 0.1) is 19.1 Å². The lowest BCUT2D eigenvalue weighted by molar-refractivity contribution is -0.201. The van der Waals surface area contributed by atoms with Crippen LogP contribution in [0, 0.1) is 5.92 Å². The Morgan fingerprint density at radius 3 is 1.75 bits per heavy atom. The number of carbonyl (C=O) groups excluding carboxylic acids is 6. The summed E-state index contributed by atoms with van der Waals surface area (Å²) in [5, 5.41) is 0.853. The van der Waals surface area contributed by atoms with Gasteiger partial charge >= 0.3 is 11.9 Å². The number of hydrogen-bond donors (Lipinski definition) is 1. The van der Waals surface area contributed by atoms with Crippen LogP contribution in [0.15, 0.2) is 0 Å². The van der Waals surface area contributed by atoms with E-state index in [0.717, 1.165) is 26.1 Å². The van der Waals surface area contributed by atoms with Crippen LogP contribution in [0.5, 0.6) is 0 Å². The lowest BCUT2D eigenvalue weighted by Gasteiger charge is -2.16. The molecule has 204 valence electrons. The van der Waals surface area contributed by atoms with Gasteiger partial charge in [-0.05, 0) is 25.8 Å². The van der Waals surface area contributed by atoms with E-state index < -0.39 is 41.5 Å². The second kappa shape index (κ2) is 17.5. The van der Waals surface area contributed by atoms with Crippen LogP contribution in [0.4, 0.5) is 0 Å². The summed E-state index contributed by atoms with van der Waals surface area (Å²) in [6.45, 7) is 7.34. The first kappa shape index (κ1) is 31.1. The molecule has 0 aromatic heterocycles. The van der Waals surface area contributed by atoms with Crippen molar-refractivity contribution < 1.29 is 47.9 Å². The van der Waals surface area contributed by atoms with Gasteiger partial charge in [0.1, 0.15) is 0 Å². The molecule has 2 aliphatic rings. The van der Waals surface area contributed by atoms with E-state index in [1.54, 1.807) is 0 Å². The van der Waals surface area contributed by atoms with Gasteiger partial charge in [-0.3, -0.25) is 19.2 Å². The normalized spacial score (nSPS) is 16.2. The Morgan fingerprint density at radius 1 is 0.806 bits per heavy atom. The highest BCUT2D eigenvalue weighted by molar-refractivity contribution is 6.02. The Hall–Kier alpha value is -2.90. The van der Waals surface area contributed by atoms with Crippen molar-refractivity contribution >= 4 is 35.6 Å². The second-order valence-electron chi connectivity index (χ2n) is 8.20. The van der Waals surface area contributed by atoms with E-state index in [4.69, 9.17) is 20.0 Å².